The van der Waals surface area contributed by atoms with E-state index in [1.54, 1.807) is 0 Å². The molecule has 1 N–H and O–H groups in total. The number of hydrogen-bond acceptors (Lipinski definition) is 1. The largest absolute Gasteiger partial charge is 0.312 e. The second kappa shape index (κ2) is 5.40. The van der Waals surface area contributed by atoms with Crippen LogP contribution in [0.3, 0.4) is 0 Å². The summed E-state index contributed by atoms with van der Waals surface area (Å²) in [6.07, 6.45) is 5.87. The van der Waals surface area contributed by atoms with Gasteiger partial charge in [0.05, 0.1) is 10.0 Å². The van der Waals surface area contributed by atoms with Crippen LogP contribution in [0.2, 0.25) is 10.0 Å². The maximum atomic E-state index is 6.01. The average Bonchev–Trinajstić information content (AvgIpc) is 2.96. The second-order valence-corrected chi connectivity index (χ2v) is 6.63. The third-order valence-electron chi connectivity index (χ3n) is 4.60. The fraction of sp³-hybridized carbons (Fsp3) is 0.600. The Morgan fingerprint density at radius 3 is 2.67 bits per heavy atom. The van der Waals surface area contributed by atoms with Gasteiger partial charge in [0.1, 0.15) is 0 Å². The monoisotopic (exact) mass is 283 g/mol. The van der Waals surface area contributed by atoms with E-state index in [9.17, 15) is 0 Å². The lowest BCUT2D eigenvalue weighted by Crippen LogP contribution is -2.26. The van der Waals surface area contributed by atoms with E-state index in [4.69, 9.17) is 23.2 Å². The van der Waals surface area contributed by atoms with Gasteiger partial charge in [-0.3, -0.25) is 0 Å². The van der Waals surface area contributed by atoms with Crippen LogP contribution in [0.15, 0.2) is 18.2 Å². The summed E-state index contributed by atoms with van der Waals surface area (Å²) < 4.78 is 0. The summed E-state index contributed by atoms with van der Waals surface area (Å²) in [6, 6.07) is 5.87. The first-order valence-electron chi connectivity index (χ1n) is 6.87. The predicted octanol–water partition coefficient (Wildman–Crippen LogP) is 4.52. The second-order valence-electron chi connectivity index (χ2n) is 5.81. The number of hydrogen-bond donors (Lipinski definition) is 1. The summed E-state index contributed by atoms with van der Waals surface area (Å²) in [5, 5.41) is 4.86. The van der Waals surface area contributed by atoms with E-state index in [2.05, 4.69) is 5.32 Å². The molecular formula is C15H19Cl2N. The highest BCUT2D eigenvalue weighted by Gasteiger charge is 2.38. The first kappa shape index (κ1) is 12.8. The average molecular weight is 284 g/mol. The van der Waals surface area contributed by atoms with Gasteiger partial charge in [0, 0.05) is 6.54 Å². The smallest absolute Gasteiger partial charge is 0.0595 e. The van der Waals surface area contributed by atoms with Crippen molar-refractivity contribution >= 4 is 23.2 Å². The van der Waals surface area contributed by atoms with Crippen molar-refractivity contribution in [2.24, 2.45) is 17.8 Å². The van der Waals surface area contributed by atoms with E-state index in [-0.39, 0.29) is 0 Å². The SMILES string of the molecule is Clc1ccc(CNCC2CC3CCC2C3)cc1Cl. The lowest BCUT2D eigenvalue weighted by Gasteiger charge is -2.21. The van der Waals surface area contributed by atoms with Crippen LogP contribution in [0.25, 0.3) is 0 Å². The molecule has 3 rings (SSSR count). The molecule has 2 fully saturated rings. The highest BCUT2D eigenvalue weighted by Crippen LogP contribution is 2.47. The zero-order valence-electron chi connectivity index (χ0n) is 10.5. The molecule has 3 heteroatoms. The third kappa shape index (κ3) is 2.68. The fourth-order valence-corrected chi connectivity index (χ4v) is 4.00. The van der Waals surface area contributed by atoms with Crippen molar-refractivity contribution in [2.45, 2.75) is 32.2 Å². The van der Waals surface area contributed by atoms with Crippen molar-refractivity contribution in [3.63, 3.8) is 0 Å². The molecule has 0 heterocycles. The Labute approximate surface area is 119 Å². The van der Waals surface area contributed by atoms with Gasteiger partial charge in [-0.1, -0.05) is 35.7 Å². The first-order chi connectivity index (χ1) is 8.72. The van der Waals surface area contributed by atoms with Crippen molar-refractivity contribution in [1.29, 1.82) is 0 Å². The van der Waals surface area contributed by atoms with Gasteiger partial charge in [0.15, 0.2) is 0 Å². The summed E-state index contributed by atoms with van der Waals surface area (Å²) >= 11 is 11.9. The zero-order chi connectivity index (χ0) is 12.5. The third-order valence-corrected chi connectivity index (χ3v) is 5.34. The Kier molecular flexibility index (Phi) is 3.83. The van der Waals surface area contributed by atoms with E-state index in [1.807, 2.05) is 18.2 Å². The van der Waals surface area contributed by atoms with Gasteiger partial charge in [-0.15, -0.1) is 0 Å². The minimum Gasteiger partial charge on any atom is -0.312 e. The van der Waals surface area contributed by atoms with E-state index < -0.39 is 0 Å². The molecule has 2 aliphatic carbocycles. The van der Waals surface area contributed by atoms with E-state index in [1.165, 1.54) is 31.2 Å². The van der Waals surface area contributed by atoms with Crippen molar-refractivity contribution in [3.05, 3.63) is 33.8 Å². The molecule has 2 saturated carbocycles. The molecule has 18 heavy (non-hydrogen) atoms. The van der Waals surface area contributed by atoms with Crippen molar-refractivity contribution in [3.8, 4) is 0 Å². The molecule has 3 atom stereocenters. The highest BCUT2D eigenvalue weighted by molar-refractivity contribution is 6.42. The fourth-order valence-electron chi connectivity index (χ4n) is 3.68. The Balaban J connectivity index is 1.48. The zero-order valence-corrected chi connectivity index (χ0v) is 12.0. The highest BCUT2D eigenvalue weighted by atomic mass is 35.5. The van der Waals surface area contributed by atoms with Gasteiger partial charge in [-0.25, -0.2) is 0 Å². The molecular weight excluding hydrogens is 265 g/mol. The number of rotatable bonds is 4. The maximum absolute atomic E-state index is 6.01. The van der Waals surface area contributed by atoms with E-state index >= 15 is 0 Å². The summed E-state index contributed by atoms with van der Waals surface area (Å²) in [7, 11) is 0. The Hall–Kier alpha value is -0.240. The quantitative estimate of drug-likeness (QED) is 0.857. The van der Waals surface area contributed by atoms with Crippen LogP contribution in [-0.4, -0.2) is 6.54 Å². The molecule has 0 aliphatic heterocycles. The van der Waals surface area contributed by atoms with Crippen LogP contribution in [0, 0.1) is 17.8 Å². The predicted molar refractivity (Wildman–Crippen MR) is 77.1 cm³/mol. The van der Waals surface area contributed by atoms with Crippen LogP contribution in [0.4, 0.5) is 0 Å². The molecule has 0 amide bonds. The van der Waals surface area contributed by atoms with Gasteiger partial charge in [-0.05, 0) is 61.3 Å². The Bertz CT molecular complexity index is 433. The van der Waals surface area contributed by atoms with Crippen molar-refractivity contribution in [2.75, 3.05) is 6.54 Å². The first-order valence-corrected chi connectivity index (χ1v) is 7.62. The summed E-state index contributed by atoms with van der Waals surface area (Å²) in [6.45, 7) is 2.05. The van der Waals surface area contributed by atoms with Crippen LogP contribution in [0.5, 0.6) is 0 Å². The van der Waals surface area contributed by atoms with E-state index in [0.717, 1.165) is 30.8 Å². The molecule has 3 unspecified atom stereocenters. The molecule has 0 aromatic heterocycles. The molecule has 2 bridgehead atoms. The Morgan fingerprint density at radius 2 is 2.00 bits per heavy atom. The summed E-state index contributed by atoms with van der Waals surface area (Å²) in [5.74, 6) is 2.94. The van der Waals surface area contributed by atoms with Crippen molar-refractivity contribution in [1.82, 2.24) is 5.32 Å². The van der Waals surface area contributed by atoms with Gasteiger partial charge < -0.3 is 5.32 Å². The maximum Gasteiger partial charge on any atom is 0.0595 e. The summed E-state index contributed by atoms with van der Waals surface area (Å²) in [4.78, 5) is 0. The number of halogens is 2. The summed E-state index contributed by atoms with van der Waals surface area (Å²) in [5.41, 5.74) is 1.22. The molecule has 98 valence electrons. The number of fused-ring (bicyclic) bond motifs is 2. The van der Waals surface area contributed by atoms with E-state index in [0.29, 0.717) is 10.0 Å². The van der Waals surface area contributed by atoms with Gasteiger partial charge in [-0.2, -0.15) is 0 Å². The minimum absolute atomic E-state index is 0.633. The van der Waals surface area contributed by atoms with Crippen molar-refractivity contribution < 1.29 is 0 Å². The topological polar surface area (TPSA) is 12.0 Å². The van der Waals surface area contributed by atoms with Crippen LogP contribution < -0.4 is 5.32 Å². The lowest BCUT2D eigenvalue weighted by atomic mass is 9.89. The number of benzene rings is 1. The molecule has 0 radical (unpaired) electrons. The van der Waals surface area contributed by atoms with Gasteiger partial charge in [0.2, 0.25) is 0 Å². The lowest BCUT2D eigenvalue weighted by molar-refractivity contribution is 0.318. The van der Waals surface area contributed by atoms with Crippen LogP contribution in [-0.2, 0) is 6.54 Å². The number of nitrogens with one attached hydrogen (secondary N) is 1. The molecule has 1 aromatic carbocycles. The minimum atomic E-state index is 0.633. The molecule has 0 saturated heterocycles. The Morgan fingerprint density at radius 1 is 1.11 bits per heavy atom. The molecule has 1 nitrogen and oxygen atoms in total. The van der Waals surface area contributed by atoms with Gasteiger partial charge >= 0.3 is 0 Å². The normalized spacial score (nSPS) is 30.0. The molecule has 2 aliphatic rings. The van der Waals surface area contributed by atoms with Crippen LogP contribution >= 0.6 is 23.2 Å². The molecule has 1 aromatic rings. The molecule has 0 spiro atoms. The van der Waals surface area contributed by atoms with Gasteiger partial charge in [0.25, 0.3) is 0 Å². The van der Waals surface area contributed by atoms with Crippen LogP contribution in [0.1, 0.15) is 31.2 Å². The standard InChI is InChI=1S/C15H19Cl2N/c16-14-4-2-11(7-15(14)17)8-18-9-13-6-10-1-3-12(13)5-10/h2,4,7,10,12-13,18H,1,3,5-6,8-9H2.